The number of amides is 2. The molecule has 14 atom stereocenters. The van der Waals surface area contributed by atoms with Crippen molar-refractivity contribution >= 4 is 61.2 Å². The van der Waals surface area contributed by atoms with E-state index in [9.17, 15) is 53.2 Å². The van der Waals surface area contributed by atoms with Crippen molar-refractivity contribution in [2.45, 2.75) is 307 Å². The Bertz CT molecular complexity index is 3680. The molecule has 1 aliphatic heterocycles. The van der Waals surface area contributed by atoms with Crippen molar-refractivity contribution in [2.24, 2.45) is 11.3 Å². The summed E-state index contributed by atoms with van der Waals surface area (Å²) in [5.74, 6) is -10.2. The lowest BCUT2D eigenvalue weighted by atomic mass is 9.48. The van der Waals surface area contributed by atoms with Crippen LogP contribution in [0.2, 0.25) is 0 Å². The Balaban J connectivity index is 1.20. The van der Waals surface area contributed by atoms with E-state index in [1.165, 1.54) is 122 Å². The van der Waals surface area contributed by atoms with Gasteiger partial charge < -0.3 is 72.4 Å². The van der Waals surface area contributed by atoms with Gasteiger partial charge >= 0.3 is 35.8 Å². The third-order valence-corrected chi connectivity index (χ3v) is 23.4. The molecular weight excluding hydrogens is 1480 g/mol. The topological polar surface area (TPSA) is 341 Å². The quantitative estimate of drug-likeness (QED) is 0.0102. The number of phosphoric acid groups is 1. The summed E-state index contributed by atoms with van der Waals surface area (Å²) < 4.78 is 67.8. The van der Waals surface area contributed by atoms with Gasteiger partial charge in [-0.05, 0) is 80.2 Å². The van der Waals surface area contributed by atoms with Gasteiger partial charge in [0.05, 0.1) is 76.2 Å². The minimum absolute atomic E-state index is 0.00172. The van der Waals surface area contributed by atoms with Gasteiger partial charge in [-0.3, -0.25) is 38.1 Å². The number of ketones is 1. The Hall–Kier alpha value is -7.48. The Morgan fingerprint density at radius 2 is 1.19 bits per heavy atom. The zero-order valence-electron chi connectivity index (χ0n) is 68.8. The number of carbonyl (C=O) groups is 9. The molecule has 4 aliphatic rings. The molecule has 2 saturated carbocycles. The van der Waals surface area contributed by atoms with E-state index in [4.69, 9.17) is 42.2 Å². The maximum absolute atomic E-state index is 15.8. The molecule has 4 N–H and O–H groups in total. The average molecular weight is 1610 g/mol. The number of unbranched alkanes of at least 4 members (excludes halogenated alkanes) is 23. The van der Waals surface area contributed by atoms with E-state index >= 15 is 9.59 Å². The number of hydrogen-bond acceptors (Lipinski definition) is 22. The highest BCUT2D eigenvalue weighted by atomic mass is 31.2. The average Bonchev–Trinajstić information content (AvgIpc) is 0.678. The van der Waals surface area contributed by atoms with Crippen LogP contribution in [0.5, 0.6) is 0 Å². The molecule has 2 amide bonds. The van der Waals surface area contributed by atoms with Crippen molar-refractivity contribution in [1.82, 2.24) is 10.6 Å². The van der Waals surface area contributed by atoms with Crippen LogP contribution >= 0.6 is 7.82 Å². The van der Waals surface area contributed by atoms with Crippen LogP contribution in [0.1, 0.15) is 273 Å². The fraction of sp³-hybridized carbons (Fsp3) is 0.648. The summed E-state index contributed by atoms with van der Waals surface area (Å²) in [6, 6.07) is 20.7. The Morgan fingerprint density at radius 3 is 1.72 bits per heavy atom. The molecule has 3 aliphatic carbocycles. The summed E-state index contributed by atoms with van der Waals surface area (Å²) in [5, 5.41) is 31.8. The van der Waals surface area contributed by atoms with Gasteiger partial charge in [0.15, 0.2) is 17.5 Å². The monoisotopic (exact) mass is 1610 g/mol. The van der Waals surface area contributed by atoms with Crippen LogP contribution < -0.4 is 15.5 Å². The Labute approximate surface area is 674 Å². The molecule has 1 heterocycles. The molecule has 1 saturated heterocycles. The van der Waals surface area contributed by atoms with Gasteiger partial charge in [-0.2, -0.15) is 0 Å². The summed E-state index contributed by atoms with van der Waals surface area (Å²) in [6.07, 6.45) is 15.5. The largest absolute Gasteiger partial charge is 0.756 e. The second-order valence-corrected chi connectivity index (χ2v) is 34.0. The number of esters is 6. The lowest BCUT2D eigenvalue weighted by molar-refractivity contribution is -0.870. The first-order valence-corrected chi connectivity index (χ1v) is 43.2. The van der Waals surface area contributed by atoms with E-state index in [0.29, 0.717) is 23.9 Å². The SMILES string of the molecule is CCCCCCCCCCCCC/C=C/[C@@H](OC(=O)CCC(=O)O[C@@H](C(=O)O[C@H]1C[C@]2(O)CC(=C1C)[C@@H](OC(C)=O)C(=O)[C@@]1(C)[C@H]([C@@H]2OC(=O)c2ccccc2)[C@]2(OC(C)=O)CO[C@@H]2C[C@@H]1O)[C@@H](NC(=O)c1ccccc1)c1ccccc1)[C@H](COP(=O)([O-])OCC[N+](C)(C)C)NC(=O)CCCCCCCCCCCCCCC. The number of phosphoric ester groups is 1. The van der Waals surface area contributed by atoms with Gasteiger partial charge in [-0.1, -0.05) is 228 Å². The van der Waals surface area contributed by atoms with Gasteiger partial charge in [-0.25, -0.2) is 9.59 Å². The predicted octanol–water partition coefficient (Wildman–Crippen LogP) is 13.8. The maximum atomic E-state index is 15.8. The van der Waals surface area contributed by atoms with Crippen molar-refractivity contribution in [3.8, 4) is 0 Å². The van der Waals surface area contributed by atoms with Crippen molar-refractivity contribution in [3.63, 3.8) is 0 Å². The summed E-state index contributed by atoms with van der Waals surface area (Å²) in [5.41, 5.74) is -6.22. The number of nitrogens with one attached hydrogen (secondary N) is 2. The van der Waals surface area contributed by atoms with Crippen LogP contribution in [0.4, 0.5) is 0 Å². The highest BCUT2D eigenvalue weighted by Gasteiger charge is 2.76. The number of aliphatic hydroxyl groups is 2. The van der Waals surface area contributed by atoms with Crippen molar-refractivity contribution < 1.29 is 110 Å². The number of hydrogen-bond donors (Lipinski definition) is 4. The van der Waals surface area contributed by atoms with Gasteiger partial charge in [0, 0.05) is 45.1 Å². The van der Waals surface area contributed by atoms with E-state index in [1.807, 2.05) is 21.1 Å². The first kappa shape index (κ1) is 93.7. The highest BCUT2D eigenvalue weighted by Crippen LogP contribution is 2.61. The van der Waals surface area contributed by atoms with E-state index in [-0.39, 0.29) is 47.3 Å². The van der Waals surface area contributed by atoms with Crippen molar-refractivity contribution in [3.05, 3.63) is 131 Å². The molecule has 0 radical (unpaired) electrons. The second-order valence-electron chi connectivity index (χ2n) is 32.6. The number of carbonyl (C=O) groups excluding carboxylic acids is 9. The van der Waals surface area contributed by atoms with Gasteiger partial charge in [0.1, 0.15) is 49.2 Å². The first-order chi connectivity index (χ1) is 54.4. The van der Waals surface area contributed by atoms with Crippen LogP contribution in [0.25, 0.3) is 0 Å². The molecule has 26 heteroatoms. The number of benzene rings is 3. The molecule has 632 valence electrons. The number of Topliss-reactive ketones (excluding diaryl/α,β-unsaturated/α-hetero) is 1. The number of likely N-dealkylation sites (N-methyl/N-ethyl adjacent to an activating group) is 1. The van der Waals surface area contributed by atoms with Crippen LogP contribution in [-0.4, -0.2) is 176 Å². The molecule has 0 spiro atoms. The molecule has 1 unspecified atom stereocenters. The number of nitrogens with zero attached hydrogens (tertiary/aromatic N) is 1. The molecule has 3 aromatic carbocycles. The number of fused-ring (bicyclic) bond motifs is 5. The van der Waals surface area contributed by atoms with Gasteiger partial charge in [0.2, 0.25) is 12.0 Å². The zero-order chi connectivity index (χ0) is 82.9. The zero-order valence-corrected chi connectivity index (χ0v) is 69.7. The minimum atomic E-state index is -5.03. The molecular formula is C88H128N3O22P. The Kier molecular flexibility index (Phi) is 38.2. The number of rotatable bonds is 51. The summed E-state index contributed by atoms with van der Waals surface area (Å²) in [6.45, 7) is 8.40. The molecule has 25 nitrogen and oxygen atoms in total. The van der Waals surface area contributed by atoms with Crippen molar-refractivity contribution in [2.75, 3.05) is 47.5 Å². The van der Waals surface area contributed by atoms with Crippen molar-refractivity contribution in [1.29, 1.82) is 0 Å². The normalized spacial score (nSPS) is 23.5. The van der Waals surface area contributed by atoms with E-state index in [1.54, 1.807) is 78.9 Å². The minimum Gasteiger partial charge on any atom is -0.756 e. The Morgan fingerprint density at radius 1 is 0.667 bits per heavy atom. The van der Waals surface area contributed by atoms with Crippen LogP contribution in [0, 0.1) is 11.3 Å². The lowest BCUT2D eigenvalue weighted by Gasteiger charge is -2.65. The van der Waals surface area contributed by atoms with Crippen LogP contribution in [0.15, 0.2) is 114 Å². The highest BCUT2D eigenvalue weighted by molar-refractivity contribution is 7.45. The third-order valence-electron chi connectivity index (χ3n) is 22.5. The summed E-state index contributed by atoms with van der Waals surface area (Å²) in [4.78, 5) is 144. The fourth-order valence-electron chi connectivity index (χ4n) is 16.0. The molecule has 7 rings (SSSR count). The standard InChI is InChI=1S/C88H128N3O22P/c1-10-12-14-16-18-20-22-24-26-28-30-32-43-51-70(69(60-107-114(103,104)106-56-55-91(7,8)9)89-74(95)52-44-33-31-29-27-25-23-21-19-17-15-13-11-2)109-75(96)53-54-76(97)111-79(77(65-45-37-34-38-46-65)90-83(99)66-47-39-35-40-48-66)85(101)110-71-59-87(102)58-68(62(71)3)78(108-63(4)92)81(98)86(6)72(94)57-73-88(61-105-73,113-64(5)93)80(86)82(87)112-84(100)67-49-41-36-42-50-67/h34-43,45-51,69-73,77-80,82,94,102H,10-33,44,52-61H2,1-9H3,(H2-,89,90,95,99,103,104)/b51-43+/t69-,70+,71-,72-,73+,77-,78+,79+,80-,82-,86+,87+,88-/m0/s1. The van der Waals surface area contributed by atoms with E-state index < -0.39 is 177 Å². The summed E-state index contributed by atoms with van der Waals surface area (Å²) >= 11 is 0. The maximum Gasteiger partial charge on any atom is 0.350 e. The van der Waals surface area contributed by atoms with E-state index in [2.05, 4.69) is 24.5 Å². The fourth-order valence-corrected chi connectivity index (χ4v) is 16.7. The lowest BCUT2D eigenvalue weighted by Crippen LogP contribution is -2.80. The molecule has 3 aromatic rings. The van der Waals surface area contributed by atoms with Crippen LogP contribution in [0.3, 0.4) is 0 Å². The molecule has 0 aromatic heterocycles. The van der Waals surface area contributed by atoms with Gasteiger partial charge in [0.25, 0.3) is 13.7 Å². The number of ether oxygens (including phenoxy) is 7. The molecule has 2 bridgehead atoms. The second kappa shape index (κ2) is 46.5. The first-order valence-electron chi connectivity index (χ1n) is 41.7. The molecule has 114 heavy (non-hydrogen) atoms. The van der Waals surface area contributed by atoms with Gasteiger partial charge in [-0.15, -0.1) is 0 Å². The number of aliphatic hydroxyl groups excluding tert-OH is 1. The molecule has 3 fully saturated rings. The third kappa shape index (κ3) is 28.4. The predicted molar refractivity (Wildman–Crippen MR) is 426 cm³/mol. The number of quaternary nitrogens is 1. The smallest absolute Gasteiger partial charge is 0.350 e. The van der Waals surface area contributed by atoms with E-state index in [0.717, 1.165) is 78.1 Å². The number of allylic oxidation sites excluding steroid dienone is 1. The summed E-state index contributed by atoms with van der Waals surface area (Å²) in [7, 11) is 0.563. The van der Waals surface area contributed by atoms with Crippen LogP contribution in [-0.2, 0) is 80.3 Å².